The molecule has 2 unspecified atom stereocenters. The highest BCUT2D eigenvalue weighted by Gasteiger charge is 2.60. The number of hydrogen-bond donors (Lipinski definition) is 2. The fourth-order valence-corrected chi connectivity index (χ4v) is 5.71. The Morgan fingerprint density at radius 2 is 1.75 bits per heavy atom. The Kier molecular flexibility index (Phi) is 12.0. The molecule has 1 amide bonds. The summed E-state index contributed by atoms with van der Waals surface area (Å²) in [6, 6.07) is 15.5. The van der Waals surface area contributed by atoms with E-state index in [4.69, 9.17) is 53.8 Å². The number of ether oxygens (including phenoxy) is 4. The van der Waals surface area contributed by atoms with Crippen LogP contribution >= 0.6 is 34.8 Å². The highest BCUT2D eigenvalue weighted by Crippen LogP contribution is 2.43. The molecule has 3 atom stereocenters. The van der Waals surface area contributed by atoms with Crippen molar-refractivity contribution in [1.29, 1.82) is 0 Å². The van der Waals surface area contributed by atoms with E-state index in [0.717, 1.165) is 11.8 Å². The molecule has 1 aliphatic rings. The van der Waals surface area contributed by atoms with Gasteiger partial charge in [-0.05, 0) is 29.3 Å². The minimum atomic E-state index is -4.16. The lowest BCUT2D eigenvalue weighted by Crippen LogP contribution is -2.42. The van der Waals surface area contributed by atoms with Gasteiger partial charge in [-0.3, -0.25) is 20.0 Å². The van der Waals surface area contributed by atoms with Crippen molar-refractivity contribution in [1.82, 2.24) is 29.5 Å². The van der Waals surface area contributed by atoms with Crippen LogP contribution < -0.4 is 15.7 Å². The average Bonchev–Trinajstić information content (AvgIpc) is 3.72. The van der Waals surface area contributed by atoms with E-state index in [1.807, 2.05) is 18.2 Å². The summed E-state index contributed by atoms with van der Waals surface area (Å²) >= 11 is 17.6. The van der Waals surface area contributed by atoms with Gasteiger partial charge in [0, 0.05) is 18.3 Å². The molecule has 2 N–H and O–H groups in total. The quantitative estimate of drug-likeness (QED) is 0.0683. The molecule has 1 aliphatic heterocycles. The molecule has 2 aromatic carbocycles. The van der Waals surface area contributed by atoms with Gasteiger partial charge in [0.1, 0.15) is 30.0 Å². The van der Waals surface area contributed by atoms with Crippen LogP contribution in [0, 0.1) is 10.1 Å². The monoisotopic (exact) mass is 836 g/mol. The molecule has 292 valence electrons. The van der Waals surface area contributed by atoms with E-state index in [1.54, 1.807) is 12.1 Å². The van der Waals surface area contributed by atoms with Gasteiger partial charge < -0.3 is 24.1 Å². The van der Waals surface area contributed by atoms with E-state index in [9.17, 15) is 29.6 Å². The molecule has 5 aromatic rings. The Morgan fingerprint density at radius 3 is 2.46 bits per heavy atom. The van der Waals surface area contributed by atoms with Crippen LogP contribution in [0.3, 0.4) is 0 Å². The van der Waals surface area contributed by atoms with Crippen molar-refractivity contribution in [2.75, 3.05) is 18.5 Å². The average molecular weight is 838 g/mol. The number of hydrogen-bond acceptors (Lipinski definition) is 14. The number of nitrogens with one attached hydrogen (secondary N) is 1. The van der Waals surface area contributed by atoms with Crippen LogP contribution in [0.4, 0.5) is 25.1 Å². The van der Waals surface area contributed by atoms with Crippen molar-refractivity contribution in [2.45, 2.75) is 37.5 Å². The number of halogens is 5. The molecule has 1 fully saturated rings. The number of aliphatic hydroxyl groups is 1. The number of amides is 1. The van der Waals surface area contributed by atoms with Crippen LogP contribution in [0.25, 0.3) is 11.3 Å². The largest absolute Gasteiger partial charge is 0.465 e. The molecule has 56 heavy (non-hydrogen) atoms. The summed E-state index contributed by atoms with van der Waals surface area (Å²) in [7, 11) is 0. The maximum Gasteiger partial charge on any atom is 0.413 e. The third-order valence-electron chi connectivity index (χ3n) is 7.91. The number of nitrogens with zero attached hydrogens (tertiary/aromatic N) is 7. The summed E-state index contributed by atoms with van der Waals surface area (Å²) in [6.45, 7) is -1.81. The van der Waals surface area contributed by atoms with E-state index in [0.29, 0.717) is 10.1 Å². The first-order chi connectivity index (χ1) is 26.7. The number of benzene rings is 2. The van der Waals surface area contributed by atoms with Crippen molar-refractivity contribution in [3.63, 3.8) is 0 Å². The van der Waals surface area contributed by atoms with E-state index in [-0.39, 0.29) is 51.2 Å². The number of nitro benzene ring substituents is 1. The van der Waals surface area contributed by atoms with Crippen molar-refractivity contribution in [3.8, 4) is 17.1 Å². The Bertz CT molecular complexity index is 2320. The number of aromatic nitrogens is 6. The zero-order valence-electron chi connectivity index (χ0n) is 28.1. The molecule has 0 bridgehead atoms. The molecule has 23 heteroatoms. The first-order valence-electron chi connectivity index (χ1n) is 16.0. The first-order valence-corrected chi connectivity index (χ1v) is 17.1. The van der Waals surface area contributed by atoms with Gasteiger partial charge in [-0.2, -0.15) is 18.7 Å². The highest BCUT2D eigenvalue weighted by molar-refractivity contribution is 6.42. The molecule has 0 spiro atoms. The second kappa shape index (κ2) is 16.9. The topological polar surface area (TPSA) is 225 Å². The molecular weight excluding hydrogens is 813 g/mol. The zero-order valence-corrected chi connectivity index (χ0v) is 30.4. The second-order valence-corrected chi connectivity index (χ2v) is 12.9. The van der Waals surface area contributed by atoms with Crippen LogP contribution in [0.2, 0.25) is 15.2 Å². The third-order valence-corrected chi connectivity index (χ3v) is 8.86. The summed E-state index contributed by atoms with van der Waals surface area (Å²) in [4.78, 5) is 56.4. The Hall–Kier alpha value is -5.80. The number of non-ortho nitro benzene ring substituents is 1. The van der Waals surface area contributed by atoms with Gasteiger partial charge in [0.05, 0.1) is 28.3 Å². The van der Waals surface area contributed by atoms with Gasteiger partial charge >= 0.3 is 23.7 Å². The van der Waals surface area contributed by atoms with Crippen LogP contribution in [0.1, 0.15) is 17.4 Å². The fraction of sp³-hybridized carbons (Fsp3) is 0.242. The Balaban J connectivity index is 1.21. The van der Waals surface area contributed by atoms with Crippen LogP contribution in [-0.4, -0.2) is 83.0 Å². The van der Waals surface area contributed by atoms with Crippen molar-refractivity contribution >= 4 is 58.4 Å². The first kappa shape index (κ1) is 39.9. The van der Waals surface area contributed by atoms with Crippen LogP contribution in [0.5, 0.6) is 5.88 Å². The lowest BCUT2D eigenvalue weighted by molar-refractivity contribution is -0.384. The summed E-state index contributed by atoms with van der Waals surface area (Å²) < 4.78 is 53.7. The lowest BCUT2D eigenvalue weighted by Gasteiger charge is -2.22. The number of carbonyl (C=O) groups is 2. The van der Waals surface area contributed by atoms with Gasteiger partial charge in [0.2, 0.25) is 12.1 Å². The molecule has 4 heterocycles. The Labute approximate surface area is 327 Å². The minimum absolute atomic E-state index is 0.0236. The number of carbonyl (C=O) groups excluding carboxylic acids is 2. The predicted octanol–water partition coefficient (Wildman–Crippen LogP) is 5.08. The highest BCUT2D eigenvalue weighted by atomic mass is 35.5. The summed E-state index contributed by atoms with van der Waals surface area (Å²) in [6.07, 6.45) is -5.77. The van der Waals surface area contributed by atoms with Crippen LogP contribution in [-0.2, 0) is 32.2 Å². The summed E-state index contributed by atoms with van der Waals surface area (Å²) in [5, 5.41) is 31.7. The molecule has 0 saturated carbocycles. The van der Waals surface area contributed by atoms with Gasteiger partial charge in [0.25, 0.3) is 5.69 Å². The van der Waals surface area contributed by atoms with E-state index in [1.165, 1.54) is 41.2 Å². The summed E-state index contributed by atoms with van der Waals surface area (Å²) in [5.41, 5.74) is -0.535. The van der Waals surface area contributed by atoms with Gasteiger partial charge in [-0.1, -0.05) is 70.3 Å². The number of pyridine rings is 1. The van der Waals surface area contributed by atoms with Crippen molar-refractivity contribution in [2.24, 2.45) is 0 Å². The number of anilines is 1. The number of esters is 1. The third kappa shape index (κ3) is 9.17. The predicted molar refractivity (Wildman–Crippen MR) is 191 cm³/mol. The molecule has 0 aliphatic carbocycles. The minimum Gasteiger partial charge on any atom is -0.465 e. The molecule has 1 saturated heterocycles. The lowest BCUT2D eigenvalue weighted by atomic mass is 10.1. The SMILES string of the molecule is O=C(COc1nc(Cl)c(Cl)cc1Cl)OCC1O[C@@H](n2cc(-c3cn(Cc4ccccc4)nn3)c(NC(=O)OCc3ccc([N+](=O)[O-])cc3)nc2=O)C(F)(F)C1O. The summed E-state index contributed by atoms with van der Waals surface area (Å²) in [5.74, 6) is -5.97. The maximum absolute atomic E-state index is 15.6. The zero-order chi connectivity index (χ0) is 40.1. The molecular formula is C33H25Cl3F2N8O10. The van der Waals surface area contributed by atoms with Gasteiger partial charge in [0.15, 0.2) is 23.7 Å². The molecule has 6 rings (SSSR count). The van der Waals surface area contributed by atoms with E-state index < -0.39 is 66.1 Å². The van der Waals surface area contributed by atoms with E-state index >= 15 is 8.78 Å². The normalized spacial score (nSPS) is 17.3. The molecule has 0 radical (unpaired) electrons. The second-order valence-electron chi connectivity index (χ2n) is 11.8. The van der Waals surface area contributed by atoms with Crippen molar-refractivity contribution < 1.29 is 47.3 Å². The number of alkyl halides is 2. The number of rotatable bonds is 13. The maximum atomic E-state index is 15.6. The van der Waals surface area contributed by atoms with Crippen LogP contribution in [0.15, 0.2) is 77.9 Å². The fourth-order valence-electron chi connectivity index (χ4n) is 5.16. The number of nitro groups is 1. The van der Waals surface area contributed by atoms with Gasteiger partial charge in [-0.25, -0.2) is 19.1 Å². The van der Waals surface area contributed by atoms with Crippen molar-refractivity contribution in [3.05, 3.63) is 120 Å². The van der Waals surface area contributed by atoms with Gasteiger partial charge in [-0.15, -0.1) is 5.10 Å². The number of aliphatic hydroxyl groups excluding tert-OH is 1. The Morgan fingerprint density at radius 1 is 1.02 bits per heavy atom. The smallest absolute Gasteiger partial charge is 0.413 e. The molecule has 18 nitrogen and oxygen atoms in total. The molecule has 3 aromatic heterocycles. The standard InChI is InChI=1S/C33H25Cl3F2N8O10/c34-21-10-22(35)29(39-27(21)36)54-16-25(47)53-15-24-26(48)33(37,38)30(56-24)45-12-20(23-13-44(43-42-23)11-17-4-2-1-3-5-17)28(40-31(45)49)41-32(50)55-14-18-6-8-19(9-7-18)46(51)52/h1-10,12-13,24,26,30,48H,11,14-16H2,(H,40,41,49,50)/t24?,26?,30-/m1/s1. The van der Waals surface area contributed by atoms with E-state index in [2.05, 4.69) is 25.6 Å².